The molecule has 3 heteroatoms. The van der Waals surface area contributed by atoms with E-state index in [9.17, 15) is 5.11 Å². The lowest BCUT2D eigenvalue weighted by Gasteiger charge is -2.42. The Morgan fingerprint density at radius 2 is 1.75 bits per heavy atom. The van der Waals surface area contributed by atoms with Gasteiger partial charge in [0.1, 0.15) is 5.82 Å². The van der Waals surface area contributed by atoms with Gasteiger partial charge in [-0.15, -0.1) is 0 Å². The number of hydrogen-bond donors (Lipinski definition) is 1. The maximum absolute atomic E-state index is 10.2. The summed E-state index contributed by atoms with van der Waals surface area (Å²) in [6, 6.07) is 22.8. The van der Waals surface area contributed by atoms with Crippen LogP contribution in [0.3, 0.4) is 0 Å². The summed E-state index contributed by atoms with van der Waals surface area (Å²) in [7, 11) is 0. The van der Waals surface area contributed by atoms with Gasteiger partial charge in [0.2, 0.25) is 0 Å². The summed E-state index contributed by atoms with van der Waals surface area (Å²) in [5.74, 6) is 1.00. The average molecular weight is 318 g/mol. The van der Waals surface area contributed by atoms with Crippen LogP contribution in [0.1, 0.15) is 18.4 Å². The van der Waals surface area contributed by atoms with Crippen molar-refractivity contribution in [1.82, 2.24) is 4.98 Å². The fraction of sp³-hybridized carbons (Fsp3) is 0.286. The van der Waals surface area contributed by atoms with E-state index < -0.39 is 0 Å². The van der Waals surface area contributed by atoms with Gasteiger partial charge in [-0.1, -0.05) is 48.5 Å². The van der Waals surface area contributed by atoms with Crippen molar-refractivity contribution in [2.24, 2.45) is 0 Å². The number of pyridine rings is 1. The van der Waals surface area contributed by atoms with Gasteiger partial charge in [-0.05, 0) is 36.6 Å². The van der Waals surface area contributed by atoms with Crippen LogP contribution in [0.15, 0.2) is 66.7 Å². The van der Waals surface area contributed by atoms with Crippen LogP contribution in [0.2, 0.25) is 0 Å². The highest BCUT2D eigenvalue weighted by Gasteiger charge is 2.37. The van der Waals surface area contributed by atoms with E-state index in [0.717, 1.165) is 42.7 Å². The molecule has 1 aromatic heterocycles. The molecular formula is C21H22N2O. The van der Waals surface area contributed by atoms with Crippen molar-refractivity contribution in [3.8, 4) is 0 Å². The number of piperidine rings is 1. The van der Waals surface area contributed by atoms with E-state index in [0.29, 0.717) is 0 Å². The van der Waals surface area contributed by atoms with Crippen LogP contribution in [0.25, 0.3) is 10.9 Å². The normalized spacial score (nSPS) is 21.1. The van der Waals surface area contributed by atoms with E-state index in [1.807, 2.05) is 18.2 Å². The molecule has 3 aromatic rings. The van der Waals surface area contributed by atoms with Crippen molar-refractivity contribution >= 4 is 16.7 Å². The number of fused-ring (bicyclic) bond motifs is 1. The molecule has 24 heavy (non-hydrogen) atoms. The predicted molar refractivity (Wildman–Crippen MR) is 98.4 cm³/mol. The van der Waals surface area contributed by atoms with Gasteiger partial charge in [0.05, 0.1) is 12.1 Å². The maximum Gasteiger partial charge on any atom is 0.129 e. The Morgan fingerprint density at radius 3 is 2.58 bits per heavy atom. The third kappa shape index (κ3) is 2.65. The Labute approximate surface area is 142 Å². The lowest BCUT2D eigenvalue weighted by Crippen LogP contribution is -2.48. The van der Waals surface area contributed by atoms with Crippen molar-refractivity contribution in [1.29, 1.82) is 0 Å². The molecule has 0 bridgehead atoms. The van der Waals surface area contributed by atoms with Crippen LogP contribution in [0, 0.1) is 0 Å². The third-order valence-electron chi connectivity index (χ3n) is 5.17. The first-order chi connectivity index (χ1) is 11.8. The lowest BCUT2D eigenvalue weighted by atomic mass is 9.75. The summed E-state index contributed by atoms with van der Waals surface area (Å²) in [5.41, 5.74) is 2.04. The molecule has 2 heterocycles. The van der Waals surface area contributed by atoms with Gasteiger partial charge >= 0.3 is 0 Å². The summed E-state index contributed by atoms with van der Waals surface area (Å²) in [6.45, 7) is 1.96. The molecule has 4 rings (SSSR count). The zero-order chi connectivity index (χ0) is 16.4. The van der Waals surface area contributed by atoms with Crippen molar-refractivity contribution in [2.75, 3.05) is 24.6 Å². The van der Waals surface area contributed by atoms with E-state index in [-0.39, 0.29) is 12.0 Å². The highest BCUT2D eigenvalue weighted by molar-refractivity contribution is 5.80. The van der Waals surface area contributed by atoms with Gasteiger partial charge < -0.3 is 10.0 Å². The molecule has 0 aliphatic carbocycles. The van der Waals surface area contributed by atoms with Crippen LogP contribution in [-0.4, -0.2) is 29.8 Å². The second kappa shape index (κ2) is 6.25. The topological polar surface area (TPSA) is 36.4 Å². The first-order valence-electron chi connectivity index (χ1n) is 8.58. The minimum Gasteiger partial charge on any atom is -0.395 e. The van der Waals surface area contributed by atoms with Gasteiger partial charge in [-0.2, -0.15) is 0 Å². The molecule has 122 valence electrons. The van der Waals surface area contributed by atoms with Crippen LogP contribution in [0.5, 0.6) is 0 Å². The Morgan fingerprint density at radius 1 is 0.958 bits per heavy atom. The average Bonchev–Trinajstić information content (AvgIpc) is 2.68. The molecule has 2 aromatic carbocycles. The summed E-state index contributed by atoms with van der Waals surface area (Å²) >= 11 is 0. The maximum atomic E-state index is 10.2. The Bertz CT molecular complexity index is 833. The minimum atomic E-state index is -0.202. The highest BCUT2D eigenvalue weighted by Crippen LogP contribution is 2.35. The van der Waals surface area contributed by atoms with E-state index in [4.69, 9.17) is 4.98 Å². The number of aliphatic hydroxyl groups excluding tert-OH is 1. The molecule has 1 atom stereocenters. The SMILES string of the molecule is OCC1(c2ccccc2)CCCN(c2ccc3ccccc3n2)C1. The molecule has 0 spiro atoms. The second-order valence-electron chi connectivity index (χ2n) is 6.69. The Hall–Kier alpha value is -2.39. The van der Waals surface area contributed by atoms with Crippen molar-refractivity contribution in [3.05, 3.63) is 72.3 Å². The number of hydrogen-bond acceptors (Lipinski definition) is 3. The van der Waals surface area contributed by atoms with Gasteiger partial charge in [0.25, 0.3) is 0 Å². The first kappa shape index (κ1) is 15.2. The van der Waals surface area contributed by atoms with Crippen molar-refractivity contribution in [3.63, 3.8) is 0 Å². The quantitative estimate of drug-likeness (QED) is 0.799. The molecule has 3 nitrogen and oxygen atoms in total. The van der Waals surface area contributed by atoms with Gasteiger partial charge in [-0.3, -0.25) is 0 Å². The van der Waals surface area contributed by atoms with Crippen LogP contribution >= 0.6 is 0 Å². The second-order valence-corrected chi connectivity index (χ2v) is 6.69. The van der Waals surface area contributed by atoms with E-state index in [1.165, 1.54) is 5.56 Å². The molecule has 0 saturated carbocycles. The summed E-state index contributed by atoms with van der Waals surface area (Å²) in [5, 5.41) is 11.3. The van der Waals surface area contributed by atoms with Crippen LogP contribution in [0.4, 0.5) is 5.82 Å². The molecular weight excluding hydrogens is 296 g/mol. The monoisotopic (exact) mass is 318 g/mol. The molecule has 1 unspecified atom stereocenters. The smallest absolute Gasteiger partial charge is 0.129 e. The number of nitrogens with zero attached hydrogens (tertiary/aromatic N) is 2. The molecule has 1 aliphatic rings. The number of anilines is 1. The highest BCUT2D eigenvalue weighted by atomic mass is 16.3. The van der Waals surface area contributed by atoms with Crippen LogP contribution in [-0.2, 0) is 5.41 Å². The van der Waals surface area contributed by atoms with Crippen molar-refractivity contribution < 1.29 is 5.11 Å². The third-order valence-corrected chi connectivity index (χ3v) is 5.17. The molecule has 1 aliphatic heterocycles. The number of aliphatic hydroxyl groups is 1. The zero-order valence-corrected chi connectivity index (χ0v) is 13.7. The molecule has 1 fully saturated rings. The zero-order valence-electron chi connectivity index (χ0n) is 13.7. The summed E-state index contributed by atoms with van der Waals surface area (Å²) in [6.07, 6.45) is 2.07. The number of aromatic nitrogens is 1. The van der Waals surface area contributed by atoms with Crippen LogP contribution < -0.4 is 4.90 Å². The molecule has 1 saturated heterocycles. The fourth-order valence-electron chi connectivity index (χ4n) is 3.81. The first-order valence-corrected chi connectivity index (χ1v) is 8.58. The molecule has 1 N–H and O–H groups in total. The van der Waals surface area contributed by atoms with Gasteiger partial charge in [-0.25, -0.2) is 4.98 Å². The fourth-order valence-corrected chi connectivity index (χ4v) is 3.81. The molecule has 0 radical (unpaired) electrons. The Kier molecular flexibility index (Phi) is 3.95. The van der Waals surface area contributed by atoms with Crippen molar-refractivity contribution in [2.45, 2.75) is 18.3 Å². The lowest BCUT2D eigenvalue weighted by molar-refractivity contribution is 0.172. The van der Waals surface area contributed by atoms with Gasteiger partial charge in [0, 0.05) is 23.9 Å². The van der Waals surface area contributed by atoms with E-state index in [1.54, 1.807) is 0 Å². The predicted octanol–water partition coefficient (Wildman–Crippen LogP) is 3.77. The minimum absolute atomic E-state index is 0.168. The number of rotatable bonds is 3. The molecule has 0 amide bonds. The number of para-hydroxylation sites is 1. The largest absolute Gasteiger partial charge is 0.395 e. The Balaban J connectivity index is 1.68. The standard InChI is InChI=1S/C21H22N2O/c24-16-21(18-8-2-1-3-9-18)13-6-14-23(15-21)20-12-11-17-7-4-5-10-19(17)22-20/h1-5,7-12,24H,6,13-16H2. The van der Waals surface area contributed by atoms with E-state index >= 15 is 0 Å². The number of benzene rings is 2. The summed E-state index contributed by atoms with van der Waals surface area (Å²) < 4.78 is 0. The van der Waals surface area contributed by atoms with Gasteiger partial charge in [0.15, 0.2) is 0 Å². The van der Waals surface area contributed by atoms with E-state index in [2.05, 4.69) is 53.4 Å². The summed E-state index contributed by atoms with van der Waals surface area (Å²) in [4.78, 5) is 7.16.